The van der Waals surface area contributed by atoms with Crippen LogP contribution in [-0.2, 0) is 14.3 Å². The smallest absolute Gasteiger partial charge is 0.220 e. The van der Waals surface area contributed by atoms with Gasteiger partial charge in [-0.15, -0.1) is 0 Å². The summed E-state index contributed by atoms with van der Waals surface area (Å²) < 4.78 is 5.24. The van der Waals surface area contributed by atoms with E-state index in [1.54, 1.807) is 0 Å². The highest BCUT2D eigenvalue weighted by molar-refractivity contribution is 5.78. The van der Waals surface area contributed by atoms with E-state index in [4.69, 9.17) is 10.5 Å². The van der Waals surface area contributed by atoms with Crippen LogP contribution in [0.1, 0.15) is 40.5 Å². The topological polar surface area (TPSA) is 102 Å². The average Bonchev–Trinajstić information content (AvgIpc) is 2.12. The molecule has 0 saturated heterocycles. The number of hydrogen-bond acceptors (Lipinski definition) is 4. The van der Waals surface area contributed by atoms with Gasteiger partial charge in [-0.05, 0) is 19.3 Å². The van der Waals surface area contributed by atoms with E-state index in [0.717, 1.165) is 0 Å². The van der Waals surface area contributed by atoms with Crippen molar-refractivity contribution in [1.82, 2.24) is 5.32 Å². The zero-order valence-corrected chi connectivity index (χ0v) is 11.6. The molecule has 0 aliphatic heterocycles. The standard InChI is InChI=1S/C12H24N2O4/c1-11(2,8-18-12(3,4)17)7-10(16)14-6-5-9(13)15/h17H,5-8H2,1-4H3,(H2,13,15)(H,14,16). The molecular formula is C12H24N2O4. The minimum Gasteiger partial charge on any atom is -0.370 e. The van der Waals surface area contributed by atoms with E-state index in [1.165, 1.54) is 13.8 Å². The van der Waals surface area contributed by atoms with Crippen molar-refractivity contribution in [2.24, 2.45) is 11.1 Å². The largest absolute Gasteiger partial charge is 0.370 e. The van der Waals surface area contributed by atoms with Crippen LogP contribution >= 0.6 is 0 Å². The summed E-state index contributed by atoms with van der Waals surface area (Å²) in [5.41, 5.74) is 4.57. The maximum atomic E-state index is 11.6. The summed E-state index contributed by atoms with van der Waals surface area (Å²) in [6, 6.07) is 0. The molecule has 0 radical (unpaired) electrons. The van der Waals surface area contributed by atoms with Gasteiger partial charge in [0.05, 0.1) is 6.61 Å². The highest BCUT2D eigenvalue weighted by Crippen LogP contribution is 2.22. The van der Waals surface area contributed by atoms with Crippen molar-refractivity contribution in [2.75, 3.05) is 13.2 Å². The second-order valence-electron chi connectivity index (χ2n) is 5.64. The first-order chi connectivity index (χ1) is 8.02. The maximum absolute atomic E-state index is 11.6. The van der Waals surface area contributed by atoms with Crippen molar-refractivity contribution in [3.63, 3.8) is 0 Å². The van der Waals surface area contributed by atoms with Gasteiger partial charge in [0, 0.05) is 19.4 Å². The lowest BCUT2D eigenvalue weighted by Gasteiger charge is -2.28. The Morgan fingerprint density at radius 1 is 1.28 bits per heavy atom. The van der Waals surface area contributed by atoms with Crippen molar-refractivity contribution in [1.29, 1.82) is 0 Å². The molecule has 4 N–H and O–H groups in total. The first kappa shape index (κ1) is 16.9. The SMILES string of the molecule is CC(C)(COC(C)(C)O)CC(=O)NCCC(N)=O. The summed E-state index contributed by atoms with van der Waals surface area (Å²) in [7, 11) is 0. The van der Waals surface area contributed by atoms with E-state index in [0.29, 0.717) is 0 Å². The van der Waals surface area contributed by atoms with Gasteiger partial charge in [0.2, 0.25) is 11.8 Å². The lowest BCUT2D eigenvalue weighted by molar-refractivity contribution is -0.192. The molecule has 0 saturated carbocycles. The third-order valence-electron chi connectivity index (χ3n) is 2.15. The summed E-state index contributed by atoms with van der Waals surface area (Å²) in [6.45, 7) is 7.32. The maximum Gasteiger partial charge on any atom is 0.220 e. The normalized spacial score (nSPS) is 12.3. The number of nitrogens with two attached hydrogens (primary N) is 1. The van der Waals surface area contributed by atoms with Crippen LogP contribution in [0.3, 0.4) is 0 Å². The molecule has 0 unspecified atom stereocenters. The Kier molecular flexibility index (Phi) is 6.28. The molecule has 6 nitrogen and oxygen atoms in total. The highest BCUT2D eigenvalue weighted by atomic mass is 16.6. The van der Waals surface area contributed by atoms with Gasteiger partial charge >= 0.3 is 0 Å². The molecule has 2 amide bonds. The molecule has 0 aliphatic rings. The van der Waals surface area contributed by atoms with E-state index in [2.05, 4.69) is 5.32 Å². The van der Waals surface area contributed by atoms with Gasteiger partial charge in [-0.3, -0.25) is 9.59 Å². The Balaban J connectivity index is 3.99. The first-order valence-electron chi connectivity index (χ1n) is 5.93. The molecule has 0 aromatic heterocycles. The van der Waals surface area contributed by atoms with Gasteiger partial charge in [-0.1, -0.05) is 13.8 Å². The van der Waals surface area contributed by atoms with Crippen molar-refractivity contribution in [3.05, 3.63) is 0 Å². The molecule has 0 rings (SSSR count). The van der Waals surface area contributed by atoms with Gasteiger partial charge in [-0.2, -0.15) is 0 Å². The minimum absolute atomic E-state index is 0.131. The molecule has 0 aromatic rings. The fraction of sp³-hybridized carbons (Fsp3) is 0.833. The molecule has 0 fully saturated rings. The first-order valence-corrected chi connectivity index (χ1v) is 5.93. The van der Waals surface area contributed by atoms with Crippen molar-refractivity contribution >= 4 is 11.8 Å². The summed E-state index contributed by atoms with van der Waals surface area (Å²) in [5.74, 6) is -1.82. The number of carbonyl (C=O) groups excluding carboxylic acids is 2. The van der Waals surface area contributed by atoms with Gasteiger partial charge < -0.3 is 20.9 Å². The van der Waals surface area contributed by atoms with E-state index in [-0.39, 0.29) is 31.9 Å². The predicted octanol–water partition coefficient (Wildman–Crippen LogP) is 0.139. The predicted molar refractivity (Wildman–Crippen MR) is 67.5 cm³/mol. The second-order valence-corrected chi connectivity index (χ2v) is 5.64. The van der Waals surface area contributed by atoms with Crippen LogP contribution in [-0.4, -0.2) is 35.9 Å². The molecule has 0 heterocycles. The third kappa shape index (κ3) is 10.0. The summed E-state index contributed by atoms with van der Waals surface area (Å²) >= 11 is 0. The summed E-state index contributed by atoms with van der Waals surface area (Å²) in [5, 5.41) is 12.1. The van der Waals surface area contributed by atoms with E-state index in [1.807, 2.05) is 13.8 Å². The van der Waals surface area contributed by atoms with Crippen molar-refractivity contribution < 1.29 is 19.4 Å². The van der Waals surface area contributed by atoms with Crippen molar-refractivity contribution in [2.45, 2.75) is 46.3 Å². The number of carbonyl (C=O) groups is 2. The van der Waals surface area contributed by atoms with Gasteiger partial charge in [0.1, 0.15) is 0 Å². The third-order valence-corrected chi connectivity index (χ3v) is 2.15. The Morgan fingerprint density at radius 3 is 2.28 bits per heavy atom. The quantitative estimate of drug-likeness (QED) is 0.540. The lowest BCUT2D eigenvalue weighted by Crippen LogP contribution is -2.35. The van der Waals surface area contributed by atoms with Gasteiger partial charge in [-0.25, -0.2) is 0 Å². The number of aliphatic hydroxyl groups is 1. The molecule has 0 bridgehead atoms. The Morgan fingerprint density at radius 2 is 1.83 bits per heavy atom. The molecular weight excluding hydrogens is 236 g/mol. The average molecular weight is 260 g/mol. The lowest BCUT2D eigenvalue weighted by atomic mass is 9.90. The van der Waals surface area contributed by atoms with Crippen LogP contribution < -0.4 is 11.1 Å². The number of primary amides is 1. The highest BCUT2D eigenvalue weighted by Gasteiger charge is 2.25. The van der Waals surface area contributed by atoms with Crippen LogP contribution in [0, 0.1) is 5.41 Å². The zero-order chi connectivity index (χ0) is 14.4. The Hall–Kier alpha value is -1.14. The number of hydrogen-bond donors (Lipinski definition) is 3. The van der Waals surface area contributed by atoms with Crippen LogP contribution in [0.25, 0.3) is 0 Å². The van der Waals surface area contributed by atoms with Crippen LogP contribution in [0.2, 0.25) is 0 Å². The van der Waals surface area contributed by atoms with Crippen LogP contribution in [0.4, 0.5) is 0 Å². The minimum atomic E-state index is -1.21. The molecule has 0 aromatic carbocycles. The van der Waals surface area contributed by atoms with Crippen molar-refractivity contribution in [3.8, 4) is 0 Å². The van der Waals surface area contributed by atoms with Crippen LogP contribution in [0.5, 0.6) is 0 Å². The zero-order valence-electron chi connectivity index (χ0n) is 11.6. The number of rotatable bonds is 8. The molecule has 0 aliphatic carbocycles. The molecule has 0 spiro atoms. The number of amides is 2. The second kappa shape index (κ2) is 6.70. The fourth-order valence-electron chi connectivity index (χ4n) is 1.25. The molecule has 18 heavy (non-hydrogen) atoms. The number of ether oxygens (including phenoxy) is 1. The van der Waals surface area contributed by atoms with E-state index >= 15 is 0 Å². The fourth-order valence-corrected chi connectivity index (χ4v) is 1.25. The van der Waals surface area contributed by atoms with Gasteiger partial charge in [0.25, 0.3) is 0 Å². The summed E-state index contributed by atoms with van der Waals surface area (Å²) in [6.07, 6.45) is 0.383. The molecule has 0 atom stereocenters. The van der Waals surface area contributed by atoms with Gasteiger partial charge in [0.15, 0.2) is 5.79 Å². The monoisotopic (exact) mass is 260 g/mol. The summed E-state index contributed by atoms with van der Waals surface area (Å²) in [4.78, 5) is 22.1. The van der Waals surface area contributed by atoms with E-state index in [9.17, 15) is 14.7 Å². The molecule has 106 valence electrons. The Bertz CT molecular complexity index is 295. The van der Waals surface area contributed by atoms with E-state index < -0.39 is 17.1 Å². The number of nitrogens with one attached hydrogen (secondary N) is 1. The van der Waals surface area contributed by atoms with Crippen LogP contribution in [0.15, 0.2) is 0 Å². The molecule has 6 heteroatoms. The Labute approximate surface area is 108 Å².